The van der Waals surface area contributed by atoms with Gasteiger partial charge in [-0.3, -0.25) is 9.59 Å². The monoisotopic (exact) mass is 202 g/mol. The molecule has 0 atom stereocenters. The Hall–Kier alpha value is -1.06. The molecule has 0 unspecified atom stereocenters. The van der Waals surface area contributed by atoms with Crippen LogP contribution in [0.2, 0.25) is 0 Å². The van der Waals surface area contributed by atoms with Gasteiger partial charge in [-0.1, -0.05) is 6.92 Å². The summed E-state index contributed by atoms with van der Waals surface area (Å²) in [4.78, 5) is 20.2. The standard InChI is InChI=1S/C6H12O2.C4H6O2/c1-4-6(7)8-5(2)3;5-4(6)3-1-2-3/h5H,4H2,1-3H3;3H,1-2H2,(H,5,6). The highest BCUT2D eigenvalue weighted by atomic mass is 16.5. The maximum atomic E-state index is 10.4. The van der Waals surface area contributed by atoms with Crippen molar-refractivity contribution >= 4 is 11.9 Å². The van der Waals surface area contributed by atoms with E-state index in [2.05, 4.69) is 0 Å². The Kier molecular flexibility index (Phi) is 5.92. The number of aliphatic carboxylic acids is 1. The largest absolute Gasteiger partial charge is 0.481 e. The topological polar surface area (TPSA) is 63.6 Å². The van der Waals surface area contributed by atoms with Crippen LogP contribution < -0.4 is 0 Å². The van der Waals surface area contributed by atoms with Gasteiger partial charge in [0.15, 0.2) is 0 Å². The first-order valence-electron chi connectivity index (χ1n) is 4.89. The zero-order chi connectivity index (χ0) is 11.1. The lowest BCUT2D eigenvalue weighted by molar-refractivity contribution is -0.147. The average molecular weight is 202 g/mol. The third-order valence-corrected chi connectivity index (χ3v) is 1.58. The zero-order valence-corrected chi connectivity index (χ0v) is 8.95. The summed E-state index contributed by atoms with van der Waals surface area (Å²) < 4.78 is 4.76. The van der Waals surface area contributed by atoms with E-state index in [1.54, 1.807) is 6.92 Å². The molecular weight excluding hydrogens is 184 g/mol. The van der Waals surface area contributed by atoms with Crippen LogP contribution in [-0.4, -0.2) is 23.1 Å². The molecule has 0 aromatic carbocycles. The van der Waals surface area contributed by atoms with Crippen molar-refractivity contribution in [2.75, 3.05) is 0 Å². The number of esters is 1. The van der Waals surface area contributed by atoms with Gasteiger partial charge in [-0.05, 0) is 26.7 Å². The van der Waals surface area contributed by atoms with Crippen LogP contribution >= 0.6 is 0 Å². The molecule has 1 aliphatic rings. The maximum Gasteiger partial charge on any atom is 0.306 e. The summed E-state index contributed by atoms with van der Waals surface area (Å²) in [6, 6.07) is 0. The molecular formula is C10H18O4. The van der Waals surface area contributed by atoms with E-state index in [-0.39, 0.29) is 18.0 Å². The fourth-order valence-electron chi connectivity index (χ4n) is 0.677. The Balaban J connectivity index is 0.000000249. The summed E-state index contributed by atoms with van der Waals surface area (Å²) in [5, 5.41) is 8.05. The highest BCUT2D eigenvalue weighted by molar-refractivity contribution is 5.72. The summed E-state index contributed by atoms with van der Waals surface area (Å²) in [6.07, 6.45) is 2.30. The van der Waals surface area contributed by atoms with Crippen molar-refractivity contribution in [3.05, 3.63) is 0 Å². The molecule has 1 N–H and O–H groups in total. The number of ether oxygens (including phenoxy) is 1. The lowest BCUT2D eigenvalue weighted by Gasteiger charge is -2.04. The summed E-state index contributed by atoms with van der Waals surface area (Å²) in [6.45, 7) is 5.46. The fraction of sp³-hybridized carbons (Fsp3) is 0.800. The SMILES string of the molecule is CCC(=O)OC(C)C.O=C(O)C1CC1. The lowest BCUT2D eigenvalue weighted by Crippen LogP contribution is -2.09. The Bertz CT molecular complexity index is 194. The quantitative estimate of drug-likeness (QED) is 0.709. The second-order valence-electron chi connectivity index (χ2n) is 3.50. The highest BCUT2D eigenvalue weighted by Crippen LogP contribution is 2.28. The molecule has 1 fully saturated rings. The number of hydrogen-bond donors (Lipinski definition) is 1. The molecule has 0 aliphatic heterocycles. The van der Waals surface area contributed by atoms with Gasteiger partial charge in [0.1, 0.15) is 0 Å². The Labute approximate surface area is 84.3 Å². The highest BCUT2D eigenvalue weighted by Gasteiger charge is 2.28. The van der Waals surface area contributed by atoms with Crippen LogP contribution in [0.4, 0.5) is 0 Å². The second kappa shape index (κ2) is 6.40. The van der Waals surface area contributed by atoms with E-state index in [0.29, 0.717) is 6.42 Å². The molecule has 0 amide bonds. The first kappa shape index (κ1) is 12.9. The Morgan fingerprint density at radius 2 is 1.93 bits per heavy atom. The lowest BCUT2D eigenvalue weighted by atomic mass is 10.4. The first-order chi connectivity index (χ1) is 6.47. The van der Waals surface area contributed by atoms with E-state index in [4.69, 9.17) is 9.84 Å². The smallest absolute Gasteiger partial charge is 0.306 e. The predicted molar refractivity (Wildman–Crippen MR) is 51.9 cm³/mol. The predicted octanol–water partition coefficient (Wildman–Crippen LogP) is 1.83. The van der Waals surface area contributed by atoms with E-state index < -0.39 is 5.97 Å². The van der Waals surface area contributed by atoms with Crippen LogP contribution in [0.1, 0.15) is 40.0 Å². The first-order valence-corrected chi connectivity index (χ1v) is 4.89. The van der Waals surface area contributed by atoms with Gasteiger partial charge in [0.05, 0.1) is 12.0 Å². The van der Waals surface area contributed by atoms with Crippen molar-refractivity contribution in [1.29, 1.82) is 0 Å². The van der Waals surface area contributed by atoms with Gasteiger partial charge in [-0.15, -0.1) is 0 Å². The molecule has 0 aromatic heterocycles. The van der Waals surface area contributed by atoms with Gasteiger partial charge in [0, 0.05) is 6.42 Å². The molecule has 0 radical (unpaired) electrons. The zero-order valence-electron chi connectivity index (χ0n) is 8.95. The van der Waals surface area contributed by atoms with Gasteiger partial charge in [0.25, 0.3) is 0 Å². The summed E-state index contributed by atoms with van der Waals surface area (Å²) in [5.41, 5.74) is 0. The summed E-state index contributed by atoms with van der Waals surface area (Å²) in [5.74, 6) is -0.736. The number of rotatable bonds is 3. The number of hydrogen-bond acceptors (Lipinski definition) is 3. The third kappa shape index (κ3) is 7.58. The van der Waals surface area contributed by atoms with Crippen LogP contribution in [0.15, 0.2) is 0 Å². The minimum atomic E-state index is -0.630. The van der Waals surface area contributed by atoms with Crippen molar-refractivity contribution in [3.63, 3.8) is 0 Å². The normalized spacial score (nSPS) is 14.3. The Morgan fingerprint density at radius 1 is 1.43 bits per heavy atom. The van der Waals surface area contributed by atoms with Crippen molar-refractivity contribution in [2.24, 2.45) is 5.92 Å². The van der Waals surface area contributed by atoms with Crippen molar-refractivity contribution in [3.8, 4) is 0 Å². The average Bonchev–Trinajstić information content (AvgIpc) is 2.85. The van der Waals surface area contributed by atoms with E-state index in [1.165, 1.54) is 0 Å². The molecule has 0 aromatic rings. The molecule has 4 heteroatoms. The van der Waals surface area contributed by atoms with Crippen LogP contribution in [0.3, 0.4) is 0 Å². The van der Waals surface area contributed by atoms with Crippen molar-refractivity contribution < 1.29 is 19.4 Å². The molecule has 1 rings (SSSR count). The molecule has 1 saturated carbocycles. The minimum absolute atomic E-state index is 0.0185. The van der Waals surface area contributed by atoms with Gasteiger partial charge < -0.3 is 9.84 Å². The van der Waals surface area contributed by atoms with Gasteiger partial charge in [-0.25, -0.2) is 0 Å². The fourth-order valence-corrected chi connectivity index (χ4v) is 0.677. The molecule has 0 heterocycles. The van der Waals surface area contributed by atoms with Gasteiger partial charge >= 0.3 is 11.9 Å². The Morgan fingerprint density at radius 3 is 2.00 bits per heavy atom. The molecule has 0 bridgehead atoms. The van der Waals surface area contributed by atoms with Crippen molar-refractivity contribution in [2.45, 2.75) is 46.1 Å². The van der Waals surface area contributed by atoms with E-state index in [1.807, 2.05) is 13.8 Å². The number of carboxylic acids is 1. The molecule has 0 spiro atoms. The number of carbonyl (C=O) groups is 2. The van der Waals surface area contributed by atoms with Gasteiger partial charge in [-0.2, -0.15) is 0 Å². The molecule has 4 nitrogen and oxygen atoms in total. The minimum Gasteiger partial charge on any atom is -0.481 e. The summed E-state index contributed by atoms with van der Waals surface area (Å²) in [7, 11) is 0. The van der Waals surface area contributed by atoms with E-state index in [9.17, 15) is 9.59 Å². The summed E-state index contributed by atoms with van der Waals surface area (Å²) >= 11 is 0. The number of carbonyl (C=O) groups excluding carboxylic acids is 1. The molecule has 0 saturated heterocycles. The van der Waals surface area contributed by atoms with Crippen LogP contribution in [0.25, 0.3) is 0 Å². The molecule has 82 valence electrons. The van der Waals surface area contributed by atoms with Crippen LogP contribution in [0.5, 0.6) is 0 Å². The third-order valence-electron chi connectivity index (χ3n) is 1.58. The molecule has 1 aliphatic carbocycles. The maximum absolute atomic E-state index is 10.4. The van der Waals surface area contributed by atoms with Gasteiger partial charge in [0.2, 0.25) is 0 Å². The number of carboxylic acid groups (broad SMARTS) is 1. The van der Waals surface area contributed by atoms with Crippen LogP contribution in [-0.2, 0) is 14.3 Å². The van der Waals surface area contributed by atoms with E-state index in [0.717, 1.165) is 12.8 Å². The van der Waals surface area contributed by atoms with Crippen LogP contribution in [0, 0.1) is 5.92 Å². The van der Waals surface area contributed by atoms with E-state index >= 15 is 0 Å². The molecule has 14 heavy (non-hydrogen) atoms. The van der Waals surface area contributed by atoms with Crippen molar-refractivity contribution in [1.82, 2.24) is 0 Å². The second-order valence-corrected chi connectivity index (χ2v) is 3.50.